The van der Waals surface area contributed by atoms with E-state index in [-0.39, 0.29) is 5.75 Å². The third kappa shape index (κ3) is 5.49. The molecule has 0 saturated carbocycles. The summed E-state index contributed by atoms with van der Waals surface area (Å²) in [5.41, 5.74) is 4.36. The van der Waals surface area contributed by atoms with Crippen LogP contribution in [0.5, 0.6) is 11.5 Å². The molecule has 0 N–H and O–H groups in total. The summed E-state index contributed by atoms with van der Waals surface area (Å²) < 4.78 is 12.1. The van der Waals surface area contributed by atoms with Crippen molar-refractivity contribution in [2.75, 3.05) is 0 Å². The highest BCUT2D eigenvalue weighted by molar-refractivity contribution is 5.95. The molecule has 0 unspecified atom stereocenters. The molecule has 0 bridgehead atoms. The van der Waals surface area contributed by atoms with Crippen LogP contribution in [0.4, 0.5) is 0 Å². The van der Waals surface area contributed by atoms with Gasteiger partial charge in [-0.25, -0.2) is 9.59 Å². The van der Waals surface area contributed by atoms with Crippen molar-refractivity contribution >= 4 is 11.9 Å². The SMILES string of the molecule is CCCc1cc(CC)c(-c2ccccc2)c(OC(=O)c2ccccc2)c1OC(=O)c1ccccc1. The zero-order valence-electron chi connectivity index (χ0n) is 20.0. The van der Waals surface area contributed by atoms with Gasteiger partial charge in [-0.15, -0.1) is 0 Å². The van der Waals surface area contributed by atoms with Gasteiger partial charge in [-0.2, -0.15) is 0 Å². The summed E-state index contributed by atoms with van der Waals surface area (Å²) >= 11 is 0. The predicted molar refractivity (Wildman–Crippen MR) is 138 cm³/mol. The van der Waals surface area contributed by atoms with Crippen LogP contribution in [0.15, 0.2) is 97.1 Å². The second-order valence-electron chi connectivity index (χ2n) is 8.21. The summed E-state index contributed by atoms with van der Waals surface area (Å²) in [6, 6.07) is 29.5. The fourth-order valence-corrected chi connectivity index (χ4v) is 4.07. The van der Waals surface area contributed by atoms with Gasteiger partial charge in [-0.1, -0.05) is 93.1 Å². The maximum atomic E-state index is 13.2. The minimum Gasteiger partial charge on any atom is -0.419 e. The lowest BCUT2D eigenvalue weighted by atomic mass is 9.92. The Hall–Kier alpha value is -4.18. The fourth-order valence-electron chi connectivity index (χ4n) is 4.07. The molecule has 4 nitrogen and oxygen atoms in total. The van der Waals surface area contributed by atoms with Crippen LogP contribution in [0.25, 0.3) is 11.1 Å². The molecule has 0 spiro atoms. The molecule has 4 rings (SSSR count). The Morgan fingerprint density at radius 3 is 1.60 bits per heavy atom. The van der Waals surface area contributed by atoms with Crippen molar-refractivity contribution in [3.63, 3.8) is 0 Å². The Balaban J connectivity index is 1.92. The lowest BCUT2D eigenvalue weighted by molar-refractivity contribution is 0.0681. The molecule has 0 aliphatic heterocycles. The van der Waals surface area contributed by atoms with E-state index in [1.807, 2.05) is 42.5 Å². The largest absolute Gasteiger partial charge is 0.419 e. The molecule has 4 heteroatoms. The first-order valence-corrected chi connectivity index (χ1v) is 11.9. The van der Waals surface area contributed by atoms with Crippen molar-refractivity contribution in [2.24, 2.45) is 0 Å². The van der Waals surface area contributed by atoms with Crippen LogP contribution in [0.3, 0.4) is 0 Å². The van der Waals surface area contributed by atoms with Gasteiger partial charge < -0.3 is 9.47 Å². The maximum Gasteiger partial charge on any atom is 0.343 e. The first kappa shape index (κ1) is 24.0. The minimum absolute atomic E-state index is 0.275. The van der Waals surface area contributed by atoms with Gasteiger partial charge in [0.25, 0.3) is 0 Å². The average Bonchev–Trinajstić information content (AvgIpc) is 2.91. The smallest absolute Gasteiger partial charge is 0.343 e. The summed E-state index contributed by atoms with van der Waals surface area (Å²) in [7, 11) is 0. The Labute approximate surface area is 206 Å². The highest BCUT2D eigenvalue weighted by Crippen LogP contribution is 2.45. The van der Waals surface area contributed by atoms with E-state index < -0.39 is 11.9 Å². The molecule has 176 valence electrons. The van der Waals surface area contributed by atoms with Crippen LogP contribution in [0.1, 0.15) is 52.1 Å². The number of carbonyl (C=O) groups excluding carboxylic acids is 2. The number of carbonyl (C=O) groups is 2. The van der Waals surface area contributed by atoms with Crippen molar-refractivity contribution in [1.29, 1.82) is 0 Å². The highest BCUT2D eigenvalue weighted by atomic mass is 16.6. The third-order valence-electron chi connectivity index (χ3n) is 5.77. The molecular formula is C31H28O4. The molecule has 0 heterocycles. The van der Waals surface area contributed by atoms with Gasteiger partial charge >= 0.3 is 11.9 Å². The first-order valence-electron chi connectivity index (χ1n) is 11.9. The number of ether oxygens (including phenoxy) is 2. The lowest BCUT2D eigenvalue weighted by Crippen LogP contribution is -2.15. The molecular weight excluding hydrogens is 436 g/mol. The van der Waals surface area contributed by atoms with Crippen LogP contribution in [0.2, 0.25) is 0 Å². The topological polar surface area (TPSA) is 52.6 Å². The van der Waals surface area contributed by atoms with Gasteiger partial charge in [0.1, 0.15) is 0 Å². The van der Waals surface area contributed by atoms with Crippen molar-refractivity contribution < 1.29 is 19.1 Å². The van der Waals surface area contributed by atoms with Gasteiger partial charge in [0.05, 0.1) is 11.1 Å². The average molecular weight is 465 g/mol. The number of benzene rings is 4. The van der Waals surface area contributed by atoms with E-state index >= 15 is 0 Å². The van der Waals surface area contributed by atoms with E-state index in [9.17, 15) is 9.59 Å². The molecule has 35 heavy (non-hydrogen) atoms. The zero-order chi connectivity index (χ0) is 24.6. The predicted octanol–water partition coefficient (Wildman–Crippen LogP) is 7.31. The molecule has 0 atom stereocenters. The molecule has 4 aromatic rings. The van der Waals surface area contributed by atoms with Crippen molar-refractivity contribution in [3.8, 4) is 22.6 Å². The standard InChI is InChI=1S/C31H28O4/c1-3-14-26-21-22(4-2)27(23-15-8-5-9-16-23)29(35-31(33)25-19-12-7-13-20-25)28(26)34-30(32)24-17-10-6-11-18-24/h5-13,15-21H,3-4,14H2,1-2H3. The van der Waals surface area contributed by atoms with Gasteiger partial charge in [0.15, 0.2) is 11.5 Å². The molecule has 0 aliphatic rings. The molecule has 0 aliphatic carbocycles. The molecule has 0 saturated heterocycles. The quantitative estimate of drug-likeness (QED) is 0.203. The maximum absolute atomic E-state index is 13.2. The minimum atomic E-state index is -0.504. The van der Waals surface area contributed by atoms with Gasteiger partial charge in [0.2, 0.25) is 0 Å². The lowest BCUT2D eigenvalue weighted by Gasteiger charge is -2.21. The first-order chi connectivity index (χ1) is 17.1. The Bertz CT molecular complexity index is 1300. The van der Waals surface area contributed by atoms with Crippen LogP contribution in [-0.2, 0) is 12.8 Å². The van der Waals surface area contributed by atoms with Crippen molar-refractivity contribution in [2.45, 2.75) is 33.1 Å². The van der Waals surface area contributed by atoms with Crippen molar-refractivity contribution in [3.05, 3.63) is 119 Å². The second-order valence-corrected chi connectivity index (χ2v) is 8.21. The highest BCUT2D eigenvalue weighted by Gasteiger charge is 2.26. The van der Waals surface area contributed by atoms with E-state index in [4.69, 9.17) is 9.47 Å². The zero-order valence-corrected chi connectivity index (χ0v) is 20.0. The van der Waals surface area contributed by atoms with E-state index in [1.54, 1.807) is 48.5 Å². The van der Waals surface area contributed by atoms with Gasteiger partial charge in [0, 0.05) is 5.56 Å². The van der Waals surface area contributed by atoms with Crippen LogP contribution in [0, 0.1) is 0 Å². The van der Waals surface area contributed by atoms with E-state index in [1.165, 1.54) is 0 Å². The van der Waals surface area contributed by atoms with Crippen LogP contribution in [-0.4, -0.2) is 11.9 Å². The molecule has 0 fully saturated rings. The van der Waals surface area contributed by atoms with E-state index in [0.29, 0.717) is 23.3 Å². The van der Waals surface area contributed by atoms with Gasteiger partial charge in [-0.3, -0.25) is 0 Å². The number of rotatable bonds is 8. The van der Waals surface area contributed by atoms with Gasteiger partial charge in [-0.05, 0) is 53.8 Å². The van der Waals surface area contributed by atoms with Crippen molar-refractivity contribution in [1.82, 2.24) is 0 Å². The number of esters is 2. The Morgan fingerprint density at radius 2 is 1.11 bits per heavy atom. The third-order valence-corrected chi connectivity index (χ3v) is 5.77. The normalized spacial score (nSPS) is 10.6. The summed E-state index contributed by atoms with van der Waals surface area (Å²) in [4.78, 5) is 26.3. The summed E-state index contributed by atoms with van der Waals surface area (Å²) in [5.74, 6) is -0.433. The number of hydrogen-bond acceptors (Lipinski definition) is 4. The molecule has 0 amide bonds. The summed E-state index contributed by atoms with van der Waals surface area (Å²) in [6.45, 7) is 4.13. The van der Waals surface area contributed by atoms with Crippen LogP contribution < -0.4 is 9.47 Å². The number of hydrogen-bond donors (Lipinski definition) is 0. The Kier molecular flexibility index (Phi) is 7.74. The fraction of sp³-hybridized carbons (Fsp3) is 0.161. The molecule has 4 aromatic carbocycles. The molecule has 0 radical (unpaired) electrons. The summed E-state index contributed by atoms with van der Waals surface area (Å²) in [5, 5.41) is 0. The van der Waals surface area contributed by atoms with E-state index in [0.717, 1.165) is 35.1 Å². The van der Waals surface area contributed by atoms with Crippen LogP contribution >= 0.6 is 0 Å². The monoisotopic (exact) mass is 464 g/mol. The second kappa shape index (κ2) is 11.3. The van der Waals surface area contributed by atoms with E-state index in [2.05, 4.69) is 19.9 Å². The molecule has 0 aromatic heterocycles. The number of aryl methyl sites for hydroxylation is 2. The Morgan fingerprint density at radius 1 is 0.629 bits per heavy atom. The summed E-state index contributed by atoms with van der Waals surface area (Å²) in [6.07, 6.45) is 2.24.